The van der Waals surface area contributed by atoms with Crippen LogP contribution in [-0.2, 0) is 22.4 Å². The second-order valence-corrected chi connectivity index (χ2v) is 8.35. The first-order valence-electron chi connectivity index (χ1n) is 9.52. The van der Waals surface area contributed by atoms with Crippen molar-refractivity contribution in [2.45, 2.75) is 38.5 Å². The van der Waals surface area contributed by atoms with Gasteiger partial charge in [-0.2, -0.15) is 0 Å². The third kappa shape index (κ3) is 4.64. The zero-order valence-corrected chi connectivity index (χ0v) is 16.6. The molecule has 0 unspecified atom stereocenters. The van der Waals surface area contributed by atoms with Crippen molar-refractivity contribution in [1.82, 2.24) is 9.80 Å². The normalized spacial score (nSPS) is 19.3. The van der Waals surface area contributed by atoms with Crippen LogP contribution in [0.2, 0.25) is 0 Å². The van der Waals surface area contributed by atoms with E-state index in [2.05, 4.69) is 22.2 Å². The number of amides is 1. The molecule has 0 atom stereocenters. The zero-order valence-electron chi connectivity index (χ0n) is 15.8. The number of fused-ring (bicyclic) bond motifs is 1. The van der Waals surface area contributed by atoms with E-state index in [-0.39, 0.29) is 11.9 Å². The lowest BCUT2D eigenvalue weighted by atomic mass is 9.96. The first-order valence-corrected chi connectivity index (χ1v) is 10.3. The number of aryl methyl sites for hydroxylation is 1. The molecular weight excluding hydrogens is 350 g/mol. The van der Waals surface area contributed by atoms with Crippen molar-refractivity contribution < 1.29 is 14.3 Å². The molecule has 144 valence electrons. The summed E-state index contributed by atoms with van der Waals surface area (Å²) in [7, 11) is 3.51. The Balaban J connectivity index is 1.74. The third-order valence-electron chi connectivity index (χ3n) is 5.28. The number of piperazine rings is 1. The predicted molar refractivity (Wildman–Crippen MR) is 104 cm³/mol. The Morgan fingerprint density at radius 3 is 2.46 bits per heavy atom. The van der Waals surface area contributed by atoms with Crippen molar-refractivity contribution >= 4 is 28.2 Å². The molecule has 1 fully saturated rings. The average molecular weight is 380 g/mol. The molecule has 7 heteroatoms. The molecule has 0 saturated carbocycles. The number of carbonyl (C=O) groups is 2. The van der Waals surface area contributed by atoms with Crippen LogP contribution in [-0.4, -0.2) is 68.6 Å². The molecule has 1 aromatic heterocycles. The van der Waals surface area contributed by atoms with Crippen molar-refractivity contribution in [3.8, 4) is 0 Å². The molecule has 1 saturated heterocycles. The Hall–Kier alpha value is -1.44. The van der Waals surface area contributed by atoms with E-state index >= 15 is 0 Å². The Morgan fingerprint density at radius 2 is 1.77 bits per heavy atom. The monoisotopic (exact) mass is 379 g/mol. The van der Waals surface area contributed by atoms with Gasteiger partial charge in [-0.3, -0.25) is 9.69 Å². The molecule has 1 N–H and O–H groups in total. The number of ether oxygens (including phenoxy) is 1. The van der Waals surface area contributed by atoms with Gasteiger partial charge < -0.3 is 15.0 Å². The number of thiophene rings is 1. The largest absolute Gasteiger partial charge is 0.465 e. The summed E-state index contributed by atoms with van der Waals surface area (Å²) >= 11 is 1.56. The highest BCUT2D eigenvalue weighted by molar-refractivity contribution is 7.17. The minimum absolute atomic E-state index is 0.0473. The SMILES string of the molecule is COC(=O)c1c(NC(=O)CN2CCN(C)CC2)sc2c1CCCCCC2. The van der Waals surface area contributed by atoms with Crippen LogP contribution in [0.4, 0.5) is 5.00 Å². The fourth-order valence-electron chi connectivity index (χ4n) is 3.70. The van der Waals surface area contributed by atoms with Crippen LogP contribution in [0, 0.1) is 0 Å². The summed E-state index contributed by atoms with van der Waals surface area (Å²) < 4.78 is 5.02. The maximum atomic E-state index is 12.6. The Labute approximate surface area is 159 Å². The van der Waals surface area contributed by atoms with E-state index in [0.717, 1.165) is 57.4 Å². The van der Waals surface area contributed by atoms with Gasteiger partial charge in [-0.25, -0.2) is 4.79 Å². The number of likely N-dealkylation sites (N-methyl/N-ethyl adjacent to an activating group) is 1. The molecule has 0 aromatic carbocycles. The number of hydrogen-bond acceptors (Lipinski definition) is 6. The second kappa shape index (κ2) is 8.97. The van der Waals surface area contributed by atoms with Gasteiger partial charge in [0.25, 0.3) is 0 Å². The molecule has 1 aliphatic heterocycles. The van der Waals surface area contributed by atoms with E-state index in [9.17, 15) is 9.59 Å². The number of nitrogens with one attached hydrogen (secondary N) is 1. The number of carbonyl (C=O) groups excluding carboxylic acids is 2. The first kappa shape index (κ1) is 19.3. The van der Waals surface area contributed by atoms with Crippen LogP contribution in [0.3, 0.4) is 0 Å². The van der Waals surface area contributed by atoms with Gasteiger partial charge in [-0.1, -0.05) is 12.8 Å². The minimum Gasteiger partial charge on any atom is -0.465 e. The Kier molecular flexibility index (Phi) is 6.67. The molecule has 1 aromatic rings. The van der Waals surface area contributed by atoms with Gasteiger partial charge in [0.2, 0.25) is 5.91 Å². The van der Waals surface area contributed by atoms with Crippen molar-refractivity contribution in [3.63, 3.8) is 0 Å². The molecule has 26 heavy (non-hydrogen) atoms. The van der Waals surface area contributed by atoms with Crippen LogP contribution >= 0.6 is 11.3 Å². The van der Waals surface area contributed by atoms with Gasteiger partial charge >= 0.3 is 5.97 Å². The highest BCUT2D eigenvalue weighted by Gasteiger charge is 2.26. The summed E-state index contributed by atoms with van der Waals surface area (Å²) in [5.41, 5.74) is 1.68. The van der Waals surface area contributed by atoms with E-state index in [1.54, 1.807) is 11.3 Å². The Bertz CT molecular complexity index is 651. The summed E-state index contributed by atoms with van der Waals surface area (Å²) in [6.07, 6.45) is 6.53. The highest BCUT2D eigenvalue weighted by atomic mass is 32.1. The summed E-state index contributed by atoms with van der Waals surface area (Å²) in [6, 6.07) is 0. The number of hydrogen-bond donors (Lipinski definition) is 1. The van der Waals surface area contributed by atoms with Crippen LogP contribution < -0.4 is 5.32 Å². The summed E-state index contributed by atoms with van der Waals surface area (Å²) in [5, 5.41) is 3.68. The maximum absolute atomic E-state index is 12.6. The zero-order chi connectivity index (χ0) is 18.5. The maximum Gasteiger partial charge on any atom is 0.341 e. The standard InChI is InChI=1S/C19H29N3O3S/c1-21-9-11-22(12-10-21)13-16(23)20-18-17(19(24)25-2)14-7-5-3-4-6-8-15(14)26-18/h3-13H2,1-2H3,(H,20,23). The first-order chi connectivity index (χ1) is 12.6. The number of nitrogens with zero attached hydrogens (tertiary/aromatic N) is 2. The fourth-order valence-corrected chi connectivity index (χ4v) is 4.99. The smallest absolute Gasteiger partial charge is 0.341 e. The fraction of sp³-hybridized carbons (Fsp3) is 0.684. The molecule has 0 radical (unpaired) electrons. The van der Waals surface area contributed by atoms with E-state index < -0.39 is 0 Å². The topological polar surface area (TPSA) is 61.9 Å². The predicted octanol–water partition coefficient (Wildman–Crippen LogP) is 2.38. The van der Waals surface area contributed by atoms with Crippen molar-refractivity contribution in [2.75, 3.05) is 52.2 Å². The molecule has 3 rings (SSSR count). The Morgan fingerprint density at radius 1 is 1.08 bits per heavy atom. The third-order valence-corrected chi connectivity index (χ3v) is 6.48. The van der Waals surface area contributed by atoms with Crippen molar-refractivity contribution in [1.29, 1.82) is 0 Å². The molecule has 1 amide bonds. The lowest BCUT2D eigenvalue weighted by Crippen LogP contribution is -2.47. The van der Waals surface area contributed by atoms with Crippen molar-refractivity contribution in [3.05, 3.63) is 16.0 Å². The van der Waals surface area contributed by atoms with E-state index in [4.69, 9.17) is 4.74 Å². The van der Waals surface area contributed by atoms with Crippen molar-refractivity contribution in [2.24, 2.45) is 0 Å². The minimum atomic E-state index is -0.335. The second-order valence-electron chi connectivity index (χ2n) is 7.24. The summed E-state index contributed by atoms with van der Waals surface area (Å²) in [6.45, 7) is 4.13. The number of anilines is 1. The van der Waals surface area contributed by atoms with Gasteiger partial charge in [-0.15, -0.1) is 11.3 Å². The lowest BCUT2D eigenvalue weighted by molar-refractivity contribution is -0.117. The number of rotatable bonds is 4. The van der Waals surface area contributed by atoms with E-state index in [1.165, 1.54) is 24.8 Å². The van der Waals surface area contributed by atoms with Crippen LogP contribution in [0.5, 0.6) is 0 Å². The van der Waals surface area contributed by atoms with Gasteiger partial charge in [-0.05, 0) is 38.3 Å². The van der Waals surface area contributed by atoms with Gasteiger partial charge in [0.05, 0.1) is 19.2 Å². The molecule has 2 aliphatic rings. The van der Waals surface area contributed by atoms with Gasteiger partial charge in [0.1, 0.15) is 5.00 Å². The van der Waals surface area contributed by atoms with Gasteiger partial charge in [0, 0.05) is 31.1 Å². The van der Waals surface area contributed by atoms with E-state index in [1.807, 2.05) is 0 Å². The lowest BCUT2D eigenvalue weighted by Gasteiger charge is -2.31. The van der Waals surface area contributed by atoms with E-state index in [0.29, 0.717) is 17.1 Å². The van der Waals surface area contributed by atoms with Crippen LogP contribution in [0.1, 0.15) is 46.5 Å². The molecule has 1 aliphatic carbocycles. The number of methoxy groups -OCH3 is 1. The molecule has 0 bridgehead atoms. The molecule has 6 nitrogen and oxygen atoms in total. The molecular formula is C19H29N3O3S. The summed E-state index contributed by atoms with van der Waals surface area (Å²) in [5.74, 6) is -0.383. The van der Waals surface area contributed by atoms with Gasteiger partial charge in [0.15, 0.2) is 0 Å². The number of esters is 1. The molecule has 0 spiro atoms. The van der Waals surface area contributed by atoms with Crippen LogP contribution in [0.25, 0.3) is 0 Å². The summed E-state index contributed by atoms with van der Waals surface area (Å²) in [4.78, 5) is 30.6. The quantitative estimate of drug-likeness (QED) is 0.814. The highest BCUT2D eigenvalue weighted by Crippen LogP contribution is 2.37. The molecule has 2 heterocycles. The average Bonchev–Trinajstić information content (AvgIpc) is 2.92. The van der Waals surface area contributed by atoms with Crippen LogP contribution in [0.15, 0.2) is 0 Å².